The number of nitro benzene ring substituents is 1. The van der Waals surface area contributed by atoms with Crippen molar-refractivity contribution in [1.29, 1.82) is 0 Å². The molecule has 0 saturated heterocycles. The molecule has 0 radical (unpaired) electrons. The first kappa shape index (κ1) is 14.8. The van der Waals surface area contributed by atoms with Crippen LogP contribution < -0.4 is 5.32 Å². The minimum Gasteiger partial charge on any atom is -0.466 e. The molecule has 1 aliphatic heterocycles. The molecule has 1 aromatic rings. The molecule has 1 N–H and O–H groups in total. The number of allylic oxidation sites excluding steroid dienone is 3. The van der Waals surface area contributed by atoms with E-state index in [1.807, 2.05) is 6.92 Å². The van der Waals surface area contributed by atoms with Gasteiger partial charge in [-0.25, -0.2) is 4.79 Å². The lowest BCUT2D eigenvalue weighted by Gasteiger charge is -2.25. The van der Waals surface area contributed by atoms with Crippen LogP contribution in [0.3, 0.4) is 0 Å². The molecular formula is C15H16N2O4. The Labute approximate surface area is 122 Å². The highest BCUT2D eigenvalue weighted by molar-refractivity contribution is 5.92. The summed E-state index contributed by atoms with van der Waals surface area (Å²) in [5.41, 5.74) is 2.33. The van der Waals surface area contributed by atoms with E-state index in [1.165, 1.54) is 13.2 Å². The van der Waals surface area contributed by atoms with Gasteiger partial charge in [-0.3, -0.25) is 10.1 Å². The fraction of sp³-hybridized carbons (Fsp3) is 0.267. The summed E-state index contributed by atoms with van der Waals surface area (Å²) in [5, 5.41) is 14.3. The van der Waals surface area contributed by atoms with E-state index in [2.05, 4.69) is 5.32 Å². The minimum atomic E-state index is -0.500. The van der Waals surface area contributed by atoms with Crippen LogP contribution in [-0.2, 0) is 9.53 Å². The van der Waals surface area contributed by atoms with Crippen molar-refractivity contribution in [1.82, 2.24) is 5.32 Å². The van der Waals surface area contributed by atoms with E-state index in [9.17, 15) is 14.9 Å². The molecule has 21 heavy (non-hydrogen) atoms. The summed E-state index contributed by atoms with van der Waals surface area (Å²) in [6.07, 6.45) is 1.79. The summed E-state index contributed by atoms with van der Waals surface area (Å²) < 4.78 is 4.81. The normalized spacial score (nSPS) is 17.9. The molecule has 0 amide bonds. The molecule has 0 spiro atoms. The van der Waals surface area contributed by atoms with Crippen molar-refractivity contribution >= 4 is 11.7 Å². The molecule has 0 aliphatic carbocycles. The zero-order valence-corrected chi connectivity index (χ0v) is 12.0. The van der Waals surface area contributed by atoms with Gasteiger partial charge < -0.3 is 10.1 Å². The van der Waals surface area contributed by atoms with Crippen molar-refractivity contribution in [3.63, 3.8) is 0 Å². The standard InChI is InChI=1S/C15H16N2O4/c1-9-8-12(14(10(2)16-9)15(18)21-3)11-6-4-5-7-13(11)17(19)20/h4-8,12,16H,1-3H3. The highest BCUT2D eigenvalue weighted by Crippen LogP contribution is 2.37. The fourth-order valence-electron chi connectivity index (χ4n) is 2.52. The molecule has 0 saturated carbocycles. The molecule has 110 valence electrons. The van der Waals surface area contributed by atoms with Gasteiger partial charge in [0, 0.05) is 28.9 Å². The number of carbonyl (C=O) groups is 1. The summed E-state index contributed by atoms with van der Waals surface area (Å²) in [6, 6.07) is 6.42. The number of benzene rings is 1. The first-order valence-electron chi connectivity index (χ1n) is 6.43. The van der Waals surface area contributed by atoms with Crippen LogP contribution in [-0.4, -0.2) is 18.0 Å². The number of nitro groups is 1. The highest BCUT2D eigenvalue weighted by atomic mass is 16.6. The Morgan fingerprint density at radius 1 is 1.33 bits per heavy atom. The van der Waals surface area contributed by atoms with E-state index in [1.54, 1.807) is 31.2 Å². The predicted octanol–water partition coefficient (Wildman–Crippen LogP) is 2.63. The second-order valence-corrected chi connectivity index (χ2v) is 4.80. The second kappa shape index (κ2) is 5.78. The van der Waals surface area contributed by atoms with Crippen molar-refractivity contribution in [2.45, 2.75) is 19.8 Å². The van der Waals surface area contributed by atoms with Crippen LogP contribution >= 0.6 is 0 Å². The molecule has 2 rings (SSSR count). The van der Waals surface area contributed by atoms with Crippen LogP contribution in [0.4, 0.5) is 5.69 Å². The number of rotatable bonds is 3. The maximum absolute atomic E-state index is 12.0. The van der Waals surface area contributed by atoms with Crippen molar-refractivity contribution in [2.75, 3.05) is 7.11 Å². The van der Waals surface area contributed by atoms with Crippen molar-refractivity contribution in [3.8, 4) is 0 Å². The number of esters is 1. The lowest BCUT2D eigenvalue weighted by molar-refractivity contribution is -0.385. The van der Waals surface area contributed by atoms with Gasteiger partial charge in [0.25, 0.3) is 5.69 Å². The Morgan fingerprint density at radius 3 is 2.62 bits per heavy atom. The molecule has 0 bridgehead atoms. The molecule has 1 aromatic carbocycles. The summed E-state index contributed by atoms with van der Waals surface area (Å²) in [6.45, 7) is 3.60. The number of methoxy groups -OCH3 is 1. The Hall–Kier alpha value is -2.63. The number of nitrogens with one attached hydrogen (secondary N) is 1. The number of hydrogen-bond acceptors (Lipinski definition) is 5. The molecule has 1 atom stereocenters. The zero-order chi connectivity index (χ0) is 15.6. The SMILES string of the molecule is COC(=O)C1=C(C)NC(C)=CC1c1ccccc1[N+](=O)[O-]. The monoisotopic (exact) mass is 288 g/mol. The third-order valence-corrected chi connectivity index (χ3v) is 3.39. The lowest BCUT2D eigenvalue weighted by Crippen LogP contribution is -2.25. The number of dihydropyridines is 1. The Morgan fingerprint density at radius 2 is 2.00 bits per heavy atom. The number of para-hydroxylation sites is 1. The fourth-order valence-corrected chi connectivity index (χ4v) is 2.52. The molecule has 1 heterocycles. The maximum atomic E-state index is 12.0. The average molecular weight is 288 g/mol. The van der Waals surface area contributed by atoms with Crippen LogP contribution in [0.1, 0.15) is 25.3 Å². The summed E-state index contributed by atoms with van der Waals surface area (Å²) in [5.74, 6) is -0.993. The van der Waals surface area contributed by atoms with Gasteiger partial charge in [-0.2, -0.15) is 0 Å². The van der Waals surface area contributed by atoms with Gasteiger partial charge in [-0.15, -0.1) is 0 Å². The smallest absolute Gasteiger partial charge is 0.336 e. The largest absolute Gasteiger partial charge is 0.466 e. The van der Waals surface area contributed by atoms with Gasteiger partial charge in [0.15, 0.2) is 0 Å². The third kappa shape index (κ3) is 2.79. The van der Waals surface area contributed by atoms with Gasteiger partial charge in [0.1, 0.15) is 0 Å². The molecule has 0 aromatic heterocycles. The van der Waals surface area contributed by atoms with E-state index < -0.39 is 16.8 Å². The average Bonchev–Trinajstić information content (AvgIpc) is 2.45. The Balaban J connectivity index is 2.61. The van der Waals surface area contributed by atoms with Crippen LogP contribution in [0.15, 0.2) is 47.3 Å². The summed E-state index contributed by atoms with van der Waals surface area (Å²) >= 11 is 0. The van der Waals surface area contributed by atoms with E-state index in [-0.39, 0.29) is 5.69 Å². The molecule has 1 unspecified atom stereocenters. The van der Waals surface area contributed by atoms with Crippen molar-refractivity contribution in [3.05, 3.63) is 63.0 Å². The van der Waals surface area contributed by atoms with Crippen molar-refractivity contribution in [2.24, 2.45) is 0 Å². The highest BCUT2D eigenvalue weighted by Gasteiger charge is 2.31. The van der Waals surface area contributed by atoms with Gasteiger partial charge in [-0.1, -0.05) is 24.3 Å². The molecular weight excluding hydrogens is 272 g/mol. The van der Waals surface area contributed by atoms with Crippen LogP contribution in [0.25, 0.3) is 0 Å². The van der Waals surface area contributed by atoms with Gasteiger partial charge in [0.05, 0.1) is 17.6 Å². The Kier molecular flexibility index (Phi) is 4.07. The lowest BCUT2D eigenvalue weighted by atomic mass is 9.86. The number of carbonyl (C=O) groups excluding carboxylic acids is 1. The van der Waals surface area contributed by atoms with E-state index in [0.29, 0.717) is 16.8 Å². The van der Waals surface area contributed by atoms with E-state index in [0.717, 1.165) is 5.70 Å². The molecule has 6 heteroatoms. The molecule has 6 nitrogen and oxygen atoms in total. The van der Waals surface area contributed by atoms with E-state index >= 15 is 0 Å². The van der Waals surface area contributed by atoms with Gasteiger partial charge in [-0.05, 0) is 13.8 Å². The molecule has 0 fully saturated rings. The van der Waals surface area contributed by atoms with Crippen LogP contribution in [0.2, 0.25) is 0 Å². The predicted molar refractivity (Wildman–Crippen MR) is 77.4 cm³/mol. The van der Waals surface area contributed by atoms with Crippen molar-refractivity contribution < 1.29 is 14.5 Å². The minimum absolute atomic E-state index is 0.0114. The first-order chi connectivity index (χ1) is 9.95. The third-order valence-electron chi connectivity index (χ3n) is 3.39. The molecule has 1 aliphatic rings. The topological polar surface area (TPSA) is 81.5 Å². The zero-order valence-electron chi connectivity index (χ0n) is 12.0. The summed E-state index contributed by atoms with van der Waals surface area (Å²) in [7, 11) is 1.30. The summed E-state index contributed by atoms with van der Waals surface area (Å²) in [4.78, 5) is 22.8. The van der Waals surface area contributed by atoms with Gasteiger partial charge >= 0.3 is 5.97 Å². The first-order valence-corrected chi connectivity index (χ1v) is 6.43. The number of nitrogens with zero attached hydrogens (tertiary/aromatic N) is 1. The van der Waals surface area contributed by atoms with Crippen LogP contribution in [0.5, 0.6) is 0 Å². The second-order valence-electron chi connectivity index (χ2n) is 4.80. The van der Waals surface area contributed by atoms with Gasteiger partial charge in [0.2, 0.25) is 0 Å². The Bertz CT molecular complexity index is 661. The number of ether oxygens (including phenoxy) is 1. The quantitative estimate of drug-likeness (QED) is 0.525. The van der Waals surface area contributed by atoms with Crippen LogP contribution in [0, 0.1) is 10.1 Å². The number of hydrogen-bond donors (Lipinski definition) is 1. The van der Waals surface area contributed by atoms with E-state index in [4.69, 9.17) is 4.74 Å². The maximum Gasteiger partial charge on any atom is 0.336 e.